The maximum Gasteiger partial charge on any atom is 0.0235 e. The summed E-state index contributed by atoms with van der Waals surface area (Å²) in [5.74, 6) is 0. The Balaban J connectivity index is 1.44. The molecule has 0 bridgehead atoms. The van der Waals surface area contributed by atoms with Gasteiger partial charge in [0.25, 0.3) is 0 Å². The second kappa shape index (κ2) is 4.40. The molecule has 3 saturated heterocycles. The SMILES string of the molecule is C1CNC(CN2CCC(N3CCC3)C2)C1. The van der Waals surface area contributed by atoms with Gasteiger partial charge in [-0.2, -0.15) is 0 Å². The molecule has 3 rings (SSSR count). The predicted octanol–water partition coefficient (Wildman–Crippen LogP) is 0.518. The molecular weight excluding hydrogens is 186 g/mol. The first-order valence-electron chi connectivity index (χ1n) is 6.61. The minimum absolute atomic E-state index is 0.792. The lowest BCUT2D eigenvalue weighted by Gasteiger charge is -2.36. The van der Waals surface area contributed by atoms with Crippen LogP contribution in [-0.2, 0) is 0 Å². The van der Waals surface area contributed by atoms with Crippen molar-refractivity contribution < 1.29 is 0 Å². The molecule has 86 valence electrons. The minimum atomic E-state index is 0.792. The molecule has 0 aromatic carbocycles. The molecule has 3 heterocycles. The van der Waals surface area contributed by atoms with E-state index < -0.39 is 0 Å². The Hall–Kier alpha value is -0.120. The first-order chi connectivity index (χ1) is 7.42. The van der Waals surface area contributed by atoms with Crippen molar-refractivity contribution in [2.45, 2.75) is 37.8 Å². The van der Waals surface area contributed by atoms with Crippen LogP contribution in [0.2, 0.25) is 0 Å². The summed E-state index contributed by atoms with van der Waals surface area (Å²) in [5, 5.41) is 3.60. The third-order valence-corrected chi connectivity index (χ3v) is 4.30. The summed E-state index contributed by atoms with van der Waals surface area (Å²) in [6, 6.07) is 1.68. The average Bonchev–Trinajstić information content (AvgIpc) is 2.75. The first-order valence-corrected chi connectivity index (χ1v) is 6.61. The van der Waals surface area contributed by atoms with Gasteiger partial charge in [-0.25, -0.2) is 0 Å². The summed E-state index contributed by atoms with van der Waals surface area (Å²) in [6.07, 6.45) is 5.62. The Morgan fingerprint density at radius 1 is 1.07 bits per heavy atom. The fraction of sp³-hybridized carbons (Fsp3) is 1.00. The van der Waals surface area contributed by atoms with E-state index in [2.05, 4.69) is 15.1 Å². The molecule has 3 aliphatic heterocycles. The van der Waals surface area contributed by atoms with Gasteiger partial charge in [-0.05, 0) is 51.9 Å². The molecule has 2 atom stereocenters. The number of nitrogens with zero attached hydrogens (tertiary/aromatic N) is 2. The molecule has 15 heavy (non-hydrogen) atoms. The van der Waals surface area contributed by atoms with Gasteiger partial charge in [-0.3, -0.25) is 4.90 Å². The zero-order valence-corrected chi connectivity index (χ0v) is 9.62. The second-order valence-electron chi connectivity index (χ2n) is 5.38. The molecule has 0 aromatic heterocycles. The highest BCUT2D eigenvalue weighted by molar-refractivity contribution is 4.89. The number of hydrogen-bond acceptors (Lipinski definition) is 3. The van der Waals surface area contributed by atoms with E-state index in [0.29, 0.717) is 0 Å². The fourth-order valence-electron chi connectivity index (χ4n) is 3.21. The number of nitrogens with one attached hydrogen (secondary N) is 1. The van der Waals surface area contributed by atoms with E-state index in [1.54, 1.807) is 0 Å². The van der Waals surface area contributed by atoms with Crippen molar-refractivity contribution in [2.75, 3.05) is 39.3 Å². The van der Waals surface area contributed by atoms with Crippen molar-refractivity contribution >= 4 is 0 Å². The molecule has 0 saturated carbocycles. The van der Waals surface area contributed by atoms with E-state index in [-0.39, 0.29) is 0 Å². The van der Waals surface area contributed by atoms with Crippen molar-refractivity contribution in [3.8, 4) is 0 Å². The molecular formula is C12H23N3. The first kappa shape index (κ1) is 10.1. The van der Waals surface area contributed by atoms with Crippen LogP contribution in [0.4, 0.5) is 0 Å². The Kier molecular flexibility index (Phi) is 2.95. The summed E-state index contributed by atoms with van der Waals surface area (Å²) in [5.41, 5.74) is 0. The lowest BCUT2D eigenvalue weighted by atomic mass is 10.1. The van der Waals surface area contributed by atoms with Gasteiger partial charge in [0.2, 0.25) is 0 Å². The van der Waals surface area contributed by atoms with Crippen molar-refractivity contribution in [3.63, 3.8) is 0 Å². The van der Waals surface area contributed by atoms with E-state index in [9.17, 15) is 0 Å². The van der Waals surface area contributed by atoms with E-state index >= 15 is 0 Å². The van der Waals surface area contributed by atoms with Crippen LogP contribution in [-0.4, -0.2) is 61.2 Å². The average molecular weight is 209 g/mol. The molecule has 0 spiro atoms. The highest BCUT2D eigenvalue weighted by Crippen LogP contribution is 2.21. The quantitative estimate of drug-likeness (QED) is 0.731. The van der Waals surface area contributed by atoms with Gasteiger partial charge in [0.1, 0.15) is 0 Å². The topological polar surface area (TPSA) is 18.5 Å². The van der Waals surface area contributed by atoms with Crippen molar-refractivity contribution in [3.05, 3.63) is 0 Å². The Labute approximate surface area is 92.8 Å². The van der Waals surface area contributed by atoms with E-state index in [0.717, 1.165) is 12.1 Å². The second-order valence-corrected chi connectivity index (χ2v) is 5.38. The monoisotopic (exact) mass is 209 g/mol. The minimum Gasteiger partial charge on any atom is -0.313 e. The maximum atomic E-state index is 3.60. The van der Waals surface area contributed by atoms with Crippen LogP contribution >= 0.6 is 0 Å². The largest absolute Gasteiger partial charge is 0.313 e. The van der Waals surface area contributed by atoms with Crippen LogP contribution in [0.1, 0.15) is 25.7 Å². The zero-order chi connectivity index (χ0) is 10.1. The lowest BCUT2D eigenvalue weighted by Crippen LogP contribution is -2.47. The molecule has 2 unspecified atom stereocenters. The molecule has 3 aliphatic rings. The summed E-state index contributed by atoms with van der Waals surface area (Å²) in [4.78, 5) is 5.34. The molecule has 3 fully saturated rings. The Morgan fingerprint density at radius 3 is 2.67 bits per heavy atom. The van der Waals surface area contributed by atoms with Crippen LogP contribution < -0.4 is 5.32 Å². The van der Waals surface area contributed by atoms with Gasteiger partial charge in [-0.15, -0.1) is 0 Å². The zero-order valence-electron chi connectivity index (χ0n) is 9.62. The van der Waals surface area contributed by atoms with Crippen LogP contribution in [0.3, 0.4) is 0 Å². The van der Waals surface area contributed by atoms with Crippen LogP contribution in [0.25, 0.3) is 0 Å². The summed E-state index contributed by atoms with van der Waals surface area (Å²) in [6.45, 7) is 7.93. The Bertz CT molecular complexity index is 209. The van der Waals surface area contributed by atoms with Crippen LogP contribution in [0, 0.1) is 0 Å². The van der Waals surface area contributed by atoms with Gasteiger partial charge >= 0.3 is 0 Å². The van der Waals surface area contributed by atoms with Gasteiger partial charge in [-0.1, -0.05) is 0 Å². The third-order valence-electron chi connectivity index (χ3n) is 4.30. The highest BCUT2D eigenvalue weighted by atomic mass is 15.3. The smallest absolute Gasteiger partial charge is 0.0235 e. The molecule has 1 N–H and O–H groups in total. The predicted molar refractivity (Wildman–Crippen MR) is 62.1 cm³/mol. The van der Waals surface area contributed by atoms with Gasteiger partial charge in [0.05, 0.1) is 0 Å². The van der Waals surface area contributed by atoms with E-state index in [4.69, 9.17) is 0 Å². The highest BCUT2D eigenvalue weighted by Gasteiger charge is 2.31. The van der Waals surface area contributed by atoms with E-state index in [1.807, 2.05) is 0 Å². The van der Waals surface area contributed by atoms with Gasteiger partial charge in [0.15, 0.2) is 0 Å². The lowest BCUT2D eigenvalue weighted by molar-refractivity contribution is 0.119. The molecule has 3 heteroatoms. The molecule has 3 nitrogen and oxygen atoms in total. The van der Waals surface area contributed by atoms with Crippen molar-refractivity contribution in [1.29, 1.82) is 0 Å². The molecule has 0 radical (unpaired) electrons. The molecule has 0 aliphatic carbocycles. The number of hydrogen-bond donors (Lipinski definition) is 1. The Morgan fingerprint density at radius 2 is 2.00 bits per heavy atom. The summed E-state index contributed by atoms with van der Waals surface area (Å²) in [7, 11) is 0. The number of rotatable bonds is 3. The fourth-order valence-corrected chi connectivity index (χ4v) is 3.21. The van der Waals surface area contributed by atoms with Gasteiger partial charge in [0, 0.05) is 25.2 Å². The standard InChI is InChI=1S/C12H23N3/c1-3-11(13-5-1)9-14-8-4-12(10-14)15-6-2-7-15/h11-13H,1-10H2. The normalized spacial score (nSPS) is 38.4. The summed E-state index contributed by atoms with van der Waals surface area (Å²) >= 11 is 0. The van der Waals surface area contributed by atoms with Gasteiger partial charge < -0.3 is 10.2 Å². The van der Waals surface area contributed by atoms with Crippen LogP contribution in [0.5, 0.6) is 0 Å². The van der Waals surface area contributed by atoms with Crippen molar-refractivity contribution in [1.82, 2.24) is 15.1 Å². The van der Waals surface area contributed by atoms with E-state index in [1.165, 1.54) is 65.0 Å². The molecule has 0 amide bonds. The third kappa shape index (κ3) is 2.19. The summed E-state index contributed by atoms with van der Waals surface area (Å²) < 4.78 is 0. The number of likely N-dealkylation sites (tertiary alicyclic amines) is 2. The molecule has 0 aromatic rings. The van der Waals surface area contributed by atoms with Crippen molar-refractivity contribution in [2.24, 2.45) is 0 Å². The van der Waals surface area contributed by atoms with Crippen LogP contribution in [0.15, 0.2) is 0 Å². The maximum absolute atomic E-state index is 3.60.